The minimum absolute atomic E-state index is 0.0377. The van der Waals surface area contributed by atoms with Gasteiger partial charge in [0.25, 0.3) is 0 Å². The van der Waals surface area contributed by atoms with E-state index in [1.807, 2.05) is 30.9 Å². The number of carbonyl (C=O) groups is 2. The first-order valence-corrected chi connectivity index (χ1v) is 7.75. The standard InChI is InChI=1S/C15H27N3O4/c1-3-5-6-11(10-19)16-15(22)17-12-7-13(8-12)18(4-2)9-14(20)21/h3,5,11-13,19H,4,6-10H2,1-2H3,(H,20,21)(H2,16,17,22)/b5-3+. The zero-order valence-corrected chi connectivity index (χ0v) is 13.3. The first-order chi connectivity index (χ1) is 10.5. The summed E-state index contributed by atoms with van der Waals surface area (Å²) in [6.45, 7) is 4.44. The fourth-order valence-electron chi connectivity index (χ4n) is 2.57. The van der Waals surface area contributed by atoms with Crippen molar-refractivity contribution in [2.45, 2.75) is 51.2 Å². The molecule has 0 saturated heterocycles. The topological polar surface area (TPSA) is 102 Å². The number of carbonyl (C=O) groups excluding carboxylic acids is 1. The molecule has 0 bridgehead atoms. The molecule has 1 unspecified atom stereocenters. The third-order valence-electron chi connectivity index (χ3n) is 3.92. The number of amides is 2. The summed E-state index contributed by atoms with van der Waals surface area (Å²) in [5, 5.41) is 23.6. The summed E-state index contributed by atoms with van der Waals surface area (Å²) in [6.07, 6.45) is 5.88. The van der Waals surface area contributed by atoms with Crippen molar-refractivity contribution in [3.63, 3.8) is 0 Å². The number of carboxylic acids is 1. The highest BCUT2D eigenvalue weighted by Crippen LogP contribution is 2.25. The van der Waals surface area contributed by atoms with Crippen LogP contribution in [-0.4, -0.2) is 64.9 Å². The molecule has 0 radical (unpaired) electrons. The molecule has 0 aliphatic heterocycles. The second-order valence-electron chi connectivity index (χ2n) is 5.58. The number of nitrogens with one attached hydrogen (secondary N) is 2. The molecule has 22 heavy (non-hydrogen) atoms. The zero-order valence-electron chi connectivity index (χ0n) is 13.3. The number of aliphatic hydroxyl groups is 1. The van der Waals surface area contributed by atoms with Gasteiger partial charge < -0.3 is 20.8 Å². The van der Waals surface area contributed by atoms with Crippen molar-refractivity contribution in [1.29, 1.82) is 0 Å². The molecule has 1 aliphatic carbocycles. The van der Waals surface area contributed by atoms with Gasteiger partial charge in [0.1, 0.15) is 0 Å². The normalized spacial score (nSPS) is 22.4. The lowest BCUT2D eigenvalue weighted by Crippen LogP contribution is -2.57. The van der Waals surface area contributed by atoms with E-state index >= 15 is 0 Å². The Morgan fingerprint density at radius 3 is 2.59 bits per heavy atom. The van der Waals surface area contributed by atoms with Gasteiger partial charge in [-0.3, -0.25) is 9.69 Å². The molecule has 1 fully saturated rings. The maximum absolute atomic E-state index is 11.8. The van der Waals surface area contributed by atoms with E-state index in [-0.39, 0.29) is 37.3 Å². The number of nitrogens with zero attached hydrogens (tertiary/aromatic N) is 1. The molecule has 0 heterocycles. The van der Waals surface area contributed by atoms with Crippen molar-refractivity contribution >= 4 is 12.0 Å². The molecule has 0 aromatic carbocycles. The average molecular weight is 313 g/mol. The van der Waals surface area contributed by atoms with Gasteiger partial charge in [-0.15, -0.1) is 0 Å². The van der Waals surface area contributed by atoms with Gasteiger partial charge in [0.15, 0.2) is 0 Å². The van der Waals surface area contributed by atoms with Crippen molar-refractivity contribution in [2.75, 3.05) is 19.7 Å². The fraction of sp³-hybridized carbons (Fsp3) is 0.733. The van der Waals surface area contributed by atoms with Crippen molar-refractivity contribution in [1.82, 2.24) is 15.5 Å². The Kier molecular flexibility index (Phi) is 7.90. The number of urea groups is 1. The molecular weight excluding hydrogens is 286 g/mol. The lowest BCUT2D eigenvalue weighted by atomic mass is 9.85. The number of likely N-dealkylation sites (N-methyl/N-ethyl adjacent to an activating group) is 1. The molecule has 1 aliphatic rings. The summed E-state index contributed by atoms with van der Waals surface area (Å²) < 4.78 is 0. The SMILES string of the molecule is C/C=C/CC(CO)NC(=O)NC1CC(N(CC)CC(=O)O)C1. The van der Waals surface area contributed by atoms with Gasteiger partial charge in [-0.05, 0) is 32.7 Å². The van der Waals surface area contributed by atoms with Crippen molar-refractivity contribution in [3.05, 3.63) is 12.2 Å². The van der Waals surface area contributed by atoms with Crippen LogP contribution >= 0.6 is 0 Å². The molecule has 0 spiro atoms. The van der Waals surface area contributed by atoms with Gasteiger partial charge in [-0.25, -0.2) is 4.79 Å². The number of hydrogen-bond donors (Lipinski definition) is 4. The van der Waals surface area contributed by atoms with E-state index in [4.69, 9.17) is 5.11 Å². The molecule has 7 heteroatoms. The smallest absolute Gasteiger partial charge is 0.317 e. The third-order valence-corrected chi connectivity index (χ3v) is 3.92. The maximum atomic E-state index is 11.8. The molecule has 4 N–H and O–H groups in total. The van der Waals surface area contributed by atoms with Crippen molar-refractivity contribution in [3.8, 4) is 0 Å². The highest BCUT2D eigenvalue weighted by Gasteiger charge is 2.34. The third kappa shape index (κ3) is 6.03. The molecule has 0 aromatic heterocycles. The molecule has 2 amide bonds. The van der Waals surface area contributed by atoms with E-state index in [1.54, 1.807) is 0 Å². The Labute approximate surface area is 131 Å². The monoisotopic (exact) mass is 313 g/mol. The van der Waals surface area contributed by atoms with Gasteiger partial charge in [-0.1, -0.05) is 19.1 Å². The summed E-state index contributed by atoms with van der Waals surface area (Å²) in [5.74, 6) is -0.828. The minimum atomic E-state index is -0.828. The number of aliphatic carboxylic acids is 1. The predicted octanol–water partition coefficient (Wildman–Crippen LogP) is 0.550. The van der Waals surface area contributed by atoms with Gasteiger partial charge >= 0.3 is 12.0 Å². The summed E-state index contributed by atoms with van der Waals surface area (Å²) in [4.78, 5) is 24.5. The fourth-order valence-corrected chi connectivity index (χ4v) is 2.57. The Balaban J connectivity index is 2.29. The van der Waals surface area contributed by atoms with Crippen LogP contribution in [0.2, 0.25) is 0 Å². The summed E-state index contributed by atoms with van der Waals surface area (Å²) >= 11 is 0. The van der Waals surface area contributed by atoms with E-state index in [2.05, 4.69) is 10.6 Å². The number of allylic oxidation sites excluding steroid dienone is 1. The Morgan fingerprint density at radius 1 is 1.41 bits per heavy atom. The Hall–Kier alpha value is -1.60. The summed E-state index contributed by atoms with van der Waals surface area (Å²) in [6, 6.07) is -0.295. The second-order valence-corrected chi connectivity index (χ2v) is 5.58. The van der Waals surface area contributed by atoms with E-state index in [0.29, 0.717) is 13.0 Å². The predicted molar refractivity (Wildman–Crippen MR) is 83.7 cm³/mol. The summed E-state index contributed by atoms with van der Waals surface area (Å²) in [5.41, 5.74) is 0. The van der Waals surface area contributed by atoms with Crippen LogP contribution in [-0.2, 0) is 4.79 Å². The lowest BCUT2D eigenvalue weighted by Gasteiger charge is -2.42. The number of carboxylic acid groups (broad SMARTS) is 1. The first-order valence-electron chi connectivity index (χ1n) is 7.75. The van der Waals surface area contributed by atoms with Gasteiger partial charge in [0, 0.05) is 12.1 Å². The first kappa shape index (κ1) is 18.4. The Morgan fingerprint density at radius 2 is 2.09 bits per heavy atom. The van der Waals surface area contributed by atoms with Crippen LogP contribution < -0.4 is 10.6 Å². The highest BCUT2D eigenvalue weighted by molar-refractivity contribution is 5.74. The maximum Gasteiger partial charge on any atom is 0.317 e. The average Bonchev–Trinajstić information content (AvgIpc) is 2.44. The number of hydrogen-bond acceptors (Lipinski definition) is 4. The molecule has 1 rings (SSSR count). The van der Waals surface area contributed by atoms with Crippen molar-refractivity contribution < 1.29 is 19.8 Å². The zero-order chi connectivity index (χ0) is 16.5. The van der Waals surface area contributed by atoms with Crippen LogP contribution in [0.1, 0.15) is 33.1 Å². The van der Waals surface area contributed by atoms with E-state index in [9.17, 15) is 14.7 Å². The van der Waals surface area contributed by atoms with Gasteiger partial charge in [0.2, 0.25) is 0 Å². The molecule has 1 saturated carbocycles. The van der Waals surface area contributed by atoms with Crippen LogP contribution in [0.15, 0.2) is 12.2 Å². The molecule has 1 atom stereocenters. The minimum Gasteiger partial charge on any atom is -0.480 e. The van der Waals surface area contributed by atoms with Crippen LogP contribution in [0.3, 0.4) is 0 Å². The lowest BCUT2D eigenvalue weighted by molar-refractivity contribution is -0.139. The second kappa shape index (κ2) is 9.42. The molecular formula is C15H27N3O4. The molecule has 0 aromatic rings. The van der Waals surface area contributed by atoms with Crippen LogP contribution in [0.5, 0.6) is 0 Å². The van der Waals surface area contributed by atoms with Gasteiger partial charge in [0.05, 0.1) is 19.2 Å². The van der Waals surface area contributed by atoms with E-state index in [1.165, 1.54) is 0 Å². The molecule has 7 nitrogen and oxygen atoms in total. The van der Waals surface area contributed by atoms with Crippen LogP contribution in [0, 0.1) is 0 Å². The number of rotatable bonds is 9. The van der Waals surface area contributed by atoms with Crippen molar-refractivity contribution in [2.24, 2.45) is 0 Å². The largest absolute Gasteiger partial charge is 0.480 e. The van der Waals surface area contributed by atoms with E-state index in [0.717, 1.165) is 12.8 Å². The quantitative estimate of drug-likeness (QED) is 0.466. The van der Waals surface area contributed by atoms with E-state index < -0.39 is 5.97 Å². The highest BCUT2D eigenvalue weighted by atomic mass is 16.4. The number of aliphatic hydroxyl groups excluding tert-OH is 1. The van der Waals surface area contributed by atoms with Crippen LogP contribution in [0.25, 0.3) is 0 Å². The molecule has 126 valence electrons. The Bertz CT molecular complexity index is 394. The van der Waals surface area contributed by atoms with Crippen LogP contribution in [0.4, 0.5) is 4.79 Å². The summed E-state index contributed by atoms with van der Waals surface area (Å²) in [7, 11) is 0. The van der Waals surface area contributed by atoms with Gasteiger partial charge in [-0.2, -0.15) is 0 Å².